The zero-order valence-electron chi connectivity index (χ0n) is 18.2. The van der Waals surface area contributed by atoms with Gasteiger partial charge in [-0.25, -0.2) is 4.68 Å². The first-order valence-electron chi connectivity index (χ1n) is 10.4. The fourth-order valence-corrected chi connectivity index (χ4v) is 3.57. The zero-order chi connectivity index (χ0) is 23.4. The van der Waals surface area contributed by atoms with Gasteiger partial charge in [0, 0.05) is 17.4 Å². The van der Waals surface area contributed by atoms with E-state index in [0.29, 0.717) is 22.5 Å². The summed E-state index contributed by atoms with van der Waals surface area (Å²) in [4.78, 5) is 12.6. The second kappa shape index (κ2) is 10.1. The minimum Gasteiger partial charge on any atom is -0.471 e. The van der Waals surface area contributed by atoms with Crippen molar-refractivity contribution in [3.8, 4) is 5.75 Å². The highest BCUT2D eigenvalue weighted by molar-refractivity contribution is 6.33. The van der Waals surface area contributed by atoms with Crippen LogP contribution in [0.5, 0.6) is 5.75 Å². The van der Waals surface area contributed by atoms with E-state index in [2.05, 4.69) is 29.4 Å². The molecule has 0 unspecified atom stereocenters. The summed E-state index contributed by atoms with van der Waals surface area (Å²) in [5, 5.41) is 12.3. The number of rotatable bonds is 8. The van der Waals surface area contributed by atoms with Crippen LogP contribution in [0.25, 0.3) is 0 Å². The largest absolute Gasteiger partial charge is 0.471 e. The number of nitrogens with zero attached hydrogens (tertiary/aromatic N) is 4. The van der Waals surface area contributed by atoms with E-state index in [1.165, 1.54) is 5.56 Å². The van der Waals surface area contributed by atoms with Gasteiger partial charge in [0.25, 0.3) is 5.91 Å². The van der Waals surface area contributed by atoms with Gasteiger partial charge in [0.05, 0.1) is 6.54 Å². The number of carbonyl (C=O) groups excluding carboxylic acids is 1. The van der Waals surface area contributed by atoms with Gasteiger partial charge in [0.15, 0.2) is 18.2 Å². The number of benzene rings is 2. The Labute approximate surface area is 201 Å². The molecular weight excluding hydrogens is 461 g/mol. The third kappa shape index (κ3) is 5.74. The minimum absolute atomic E-state index is 0.182. The van der Waals surface area contributed by atoms with E-state index < -0.39 is 5.91 Å². The van der Waals surface area contributed by atoms with Crippen molar-refractivity contribution in [1.82, 2.24) is 19.6 Å². The Morgan fingerprint density at radius 1 is 1.00 bits per heavy atom. The summed E-state index contributed by atoms with van der Waals surface area (Å²) in [6.07, 6.45) is 3.31. The first kappa shape index (κ1) is 22.9. The molecule has 0 saturated carbocycles. The summed E-state index contributed by atoms with van der Waals surface area (Å²) in [5.41, 5.74) is 2.37. The summed E-state index contributed by atoms with van der Waals surface area (Å²) in [5.74, 6) is 1.03. The van der Waals surface area contributed by atoms with Crippen LogP contribution in [0, 0.1) is 0 Å². The standard InChI is InChI=1S/C24H23Cl2N5O2/c1-16(2)17-7-9-19(10-8-17)33-15-30-12-11-22(28-30)24(32)27-23-21(26)14-31(29-23)13-18-5-3-4-6-20(18)25/h3-12,14,16H,13,15H2,1-2H3,(H,27,29,32). The number of halogens is 2. The van der Waals surface area contributed by atoms with Crippen molar-refractivity contribution in [2.75, 3.05) is 5.32 Å². The molecule has 1 amide bonds. The van der Waals surface area contributed by atoms with E-state index in [-0.39, 0.29) is 18.2 Å². The Hall–Kier alpha value is -3.29. The molecule has 9 heteroatoms. The number of nitrogens with one attached hydrogen (secondary N) is 1. The second-order valence-electron chi connectivity index (χ2n) is 7.81. The maximum atomic E-state index is 12.6. The van der Waals surface area contributed by atoms with Crippen LogP contribution in [-0.2, 0) is 13.3 Å². The van der Waals surface area contributed by atoms with Crippen molar-refractivity contribution < 1.29 is 9.53 Å². The van der Waals surface area contributed by atoms with Crippen LogP contribution in [0.4, 0.5) is 5.82 Å². The fraction of sp³-hybridized carbons (Fsp3) is 0.208. The molecule has 7 nitrogen and oxygen atoms in total. The maximum absolute atomic E-state index is 12.6. The molecule has 4 rings (SSSR count). The van der Waals surface area contributed by atoms with Crippen molar-refractivity contribution >= 4 is 34.9 Å². The highest BCUT2D eigenvalue weighted by atomic mass is 35.5. The lowest BCUT2D eigenvalue weighted by molar-refractivity contribution is 0.101. The van der Waals surface area contributed by atoms with Gasteiger partial charge in [-0.3, -0.25) is 9.48 Å². The molecular formula is C24H23Cl2N5O2. The lowest BCUT2D eigenvalue weighted by Gasteiger charge is -2.09. The van der Waals surface area contributed by atoms with Crippen LogP contribution in [0.15, 0.2) is 67.0 Å². The SMILES string of the molecule is CC(C)c1ccc(OCn2ccc(C(=O)Nc3nn(Cc4ccccc4Cl)cc3Cl)n2)cc1. The number of ether oxygens (including phenoxy) is 1. The van der Waals surface area contributed by atoms with E-state index in [1.807, 2.05) is 48.5 Å². The van der Waals surface area contributed by atoms with Crippen LogP contribution in [-0.4, -0.2) is 25.5 Å². The van der Waals surface area contributed by atoms with Gasteiger partial charge in [0.1, 0.15) is 10.8 Å². The number of aromatic nitrogens is 4. The summed E-state index contributed by atoms with van der Waals surface area (Å²) < 4.78 is 8.91. The van der Waals surface area contributed by atoms with E-state index >= 15 is 0 Å². The van der Waals surface area contributed by atoms with Crippen LogP contribution >= 0.6 is 23.2 Å². The highest BCUT2D eigenvalue weighted by Gasteiger charge is 2.15. The molecule has 0 saturated heterocycles. The molecule has 0 aliphatic rings. The molecule has 33 heavy (non-hydrogen) atoms. The van der Waals surface area contributed by atoms with E-state index in [1.54, 1.807) is 27.8 Å². The highest BCUT2D eigenvalue weighted by Crippen LogP contribution is 2.23. The van der Waals surface area contributed by atoms with Gasteiger partial charge in [0.2, 0.25) is 0 Å². The second-order valence-corrected chi connectivity index (χ2v) is 8.62. The molecule has 0 aliphatic heterocycles. The average molecular weight is 484 g/mol. The maximum Gasteiger partial charge on any atom is 0.277 e. The molecule has 2 aromatic carbocycles. The minimum atomic E-state index is -0.417. The van der Waals surface area contributed by atoms with Gasteiger partial charge in [-0.05, 0) is 41.3 Å². The Morgan fingerprint density at radius 3 is 2.48 bits per heavy atom. The van der Waals surface area contributed by atoms with Crippen molar-refractivity contribution in [1.29, 1.82) is 0 Å². The summed E-state index contributed by atoms with van der Waals surface area (Å²) in [7, 11) is 0. The molecule has 0 fully saturated rings. The topological polar surface area (TPSA) is 74.0 Å². The van der Waals surface area contributed by atoms with E-state index in [4.69, 9.17) is 27.9 Å². The number of anilines is 1. The van der Waals surface area contributed by atoms with Gasteiger partial charge in [-0.15, -0.1) is 0 Å². The number of hydrogen-bond donors (Lipinski definition) is 1. The predicted octanol–water partition coefficient (Wildman–Crippen LogP) is 5.85. The summed E-state index contributed by atoms with van der Waals surface area (Å²) in [6.45, 7) is 4.90. The van der Waals surface area contributed by atoms with Gasteiger partial charge < -0.3 is 10.1 Å². The Bertz CT molecular complexity index is 1250. The van der Waals surface area contributed by atoms with Crippen molar-refractivity contribution in [2.45, 2.75) is 33.0 Å². The molecule has 0 radical (unpaired) electrons. The molecule has 0 spiro atoms. The molecule has 0 atom stereocenters. The lowest BCUT2D eigenvalue weighted by atomic mass is 10.0. The molecule has 1 N–H and O–H groups in total. The molecule has 170 valence electrons. The first-order chi connectivity index (χ1) is 15.9. The van der Waals surface area contributed by atoms with Crippen LogP contribution in [0.1, 0.15) is 41.4 Å². The molecule has 0 aliphatic carbocycles. The quantitative estimate of drug-likeness (QED) is 0.341. The number of amides is 1. The lowest BCUT2D eigenvalue weighted by Crippen LogP contribution is -2.15. The molecule has 2 heterocycles. The summed E-state index contributed by atoms with van der Waals surface area (Å²) in [6, 6.07) is 17.0. The smallest absolute Gasteiger partial charge is 0.277 e. The monoisotopic (exact) mass is 483 g/mol. The Morgan fingerprint density at radius 2 is 1.76 bits per heavy atom. The van der Waals surface area contributed by atoms with Crippen LogP contribution in [0.3, 0.4) is 0 Å². The van der Waals surface area contributed by atoms with Crippen LogP contribution in [0.2, 0.25) is 10.0 Å². The third-order valence-electron chi connectivity index (χ3n) is 5.02. The van der Waals surface area contributed by atoms with E-state index in [0.717, 1.165) is 11.3 Å². The van der Waals surface area contributed by atoms with Gasteiger partial charge >= 0.3 is 0 Å². The number of hydrogen-bond acceptors (Lipinski definition) is 4. The molecule has 0 bridgehead atoms. The van der Waals surface area contributed by atoms with Gasteiger partial charge in [-0.1, -0.05) is 67.4 Å². The van der Waals surface area contributed by atoms with Gasteiger partial charge in [-0.2, -0.15) is 10.2 Å². The van der Waals surface area contributed by atoms with E-state index in [9.17, 15) is 4.79 Å². The molecule has 2 aromatic heterocycles. The molecule has 4 aromatic rings. The normalized spacial score (nSPS) is 11.1. The first-order valence-corrected chi connectivity index (χ1v) is 11.2. The van der Waals surface area contributed by atoms with Crippen molar-refractivity contribution in [3.63, 3.8) is 0 Å². The third-order valence-corrected chi connectivity index (χ3v) is 5.67. The van der Waals surface area contributed by atoms with Crippen LogP contribution < -0.4 is 10.1 Å². The Balaban J connectivity index is 1.35. The fourth-order valence-electron chi connectivity index (χ4n) is 3.18. The van der Waals surface area contributed by atoms with Crippen molar-refractivity contribution in [3.05, 3.63) is 93.9 Å². The summed E-state index contributed by atoms with van der Waals surface area (Å²) >= 11 is 12.5. The predicted molar refractivity (Wildman–Crippen MR) is 129 cm³/mol. The van der Waals surface area contributed by atoms with Crippen molar-refractivity contribution in [2.24, 2.45) is 0 Å². The Kier molecular flexibility index (Phi) is 7.01. The zero-order valence-corrected chi connectivity index (χ0v) is 19.7. The average Bonchev–Trinajstić information content (AvgIpc) is 3.41. The number of carbonyl (C=O) groups is 1.